The monoisotopic (exact) mass is 262 g/mol. The number of carbonyl (C=O) groups is 1. The van der Waals surface area contributed by atoms with Crippen molar-refractivity contribution >= 4 is 11.8 Å². The first-order valence-corrected chi connectivity index (χ1v) is 7.02. The predicted molar refractivity (Wildman–Crippen MR) is 75.8 cm³/mol. The summed E-state index contributed by atoms with van der Waals surface area (Å²) in [6.07, 6.45) is 9.08. The minimum absolute atomic E-state index is 0.260. The van der Waals surface area contributed by atoms with Gasteiger partial charge in [-0.15, -0.1) is 0 Å². The van der Waals surface area contributed by atoms with Crippen LogP contribution in [-0.4, -0.2) is 29.1 Å². The molecule has 1 saturated carbocycles. The van der Waals surface area contributed by atoms with Crippen molar-refractivity contribution in [3.63, 3.8) is 0 Å². The number of hydrogen-bond donors (Lipinski definition) is 1. The van der Waals surface area contributed by atoms with Crippen LogP contribution in [0.15, 0.2) is 12.3 Å². The Bertz CT molecular complexity index is 451. The van der Waals surface area contributed by atoms with Crippen LogP contribution in [0.4, 0.5) is 5.82 Å². The Balaban J connectivity index is 2.18. The first kappa shape index (κ1) is 13.8. The number of nitrogens with zero attached hydrogens (tertiary/aromatic N) is 2. The molecule has 4 heteroatoms. The maximum absolute atomic E-state index is 10.9. The highest BCUT2D eigenvalue weighted by atomic mass is 16.4. The Morgan fingerprint density at radius 1 is 1.32 bits per heavy atom. The fourth-order valence-electron chi connectivity index (χ4n) is 2.87. The first-order valence-electron chi connectivity index (χ1n) is 7.02. The van der Waals surface area contributed by atoms with Gasteiger partial charge >= 0.3 is 5.97 Å². The van der Waals surface area contributed by atoms with Gasteiger partial charge in [-0.3, -0.25) is 0 Å². The van der Waals surface area contributed by atoms with Gasteiger partial charge in [-0.1, -0.05) is 25.7 Å². The zero-order valence-corrected chi connectivity index (χ0v) is 11.7. The molecule has 0 radical (unpaired) electrons. The summed E-state index contributed by atoms with van der Waals surface area (Å²) in [5.74, 6) is -0.00355. The summed E-state index contributed by atoms with van der Waals surface area (Å²) in [5, 5.41) is 8.97. The second-order valence-corrected chi connectivity index (χ2v) is 5.43. The third-order valence-electron chi connectivity index (χ3n) is 4.00. The van der Waals surface area contributed by atoms with Gasteiger partial charge in [0.25, 0.3) is 0 Å². The number of aromatic carboxylic acids is 1. The second-order valence-electron chi connectivity index (χ2n) is 5.43. The summed E-state index contributed by atoms with van der Waals surface area (Å²) in [6, 6.07) is 2.24. The molecule has 0 saturated heterocycles. The zero-order valence-electron chi connectivity index (χ0n) is 11.7. The SMILES string of the molecule is Cc1cc(C(=O)O)cnc1N(C)C1CCCCCC1. The first-order chi connectivity index (χ1) is 9.09. The molecule has 0 bridgehead atoms. The van der Waals surface area contributed by atoms with Crippen molar-refractivity contribution in [3.05, 3.63) is 23.4 Å². The quantitative estimate of drug-likeness (QED) is 0.850. The Morgan fingerprint density at radius 3 is 2.47 bits per heavy atom. The molecule has 0 amide bonds. The number of hydrogen-bond acceptors (Lipinski definition) is 3. The summed E-state index contributed by atoms with van der Waals surface area (Å²) in [7, 11) is 2.08. The fourth-order valence-corrected chi connectivity index (χ4v) is 2.87. The Hall–Kier alpha value is -1.58. The number of carboxylic acids is 1. The van der Waals surface area contributed by atoms with Gasteiger partial charge in [0, 0.05) is 19.3 Å². The zero-order chi connectivity index (χ0) is 13.8. The molecule has 2 rings (SSSR count). The van der Waals surface area contributed by atoms with Crippen molar-refractivity contribution in [1.82, 2.24) is 4.98 Å². The molecular formula is C15H22N2O2. The Labute approximate surface area is 114 Å². The largest absolute Gasteiger partial charge is 0.478 e. The van der Waals surface area contributed by atoms with E-state index in [0.717, 1.165) is 11.4 Å². The topological polar surface area (TPSA) is 53.4 Å². The van der Waals surface area contributed by atoms with E-state index in [1.54, 1.807) is 6.07 Å². The van der Waals surface area contributed by atoms with Crippen LogP contribution in [0.2, 0.25) is 0 Å². The second kappa shape index (κ2) is 6.04. The molecule has 1 aromatic rings. The molecule has 1 aliphatic carbocycles. The number of aromatic nitrogens is 1. The van der Waals surface area contributed by atoms with Gasteiger partial charge in [-0.25, -0.2) is 9.78 Å². The van der Waals surface area contributed by atoms with Crippen LogP contribution in [0.25, 0.3) is 0 Å². The van der Waals surface area contributed by atoms with Crippen LogP contribution in [0.5, 0.6) is 0 Å². The average molecular weight is 262 g/mol. The number of rotatable bonds is 3. The van der Waals surface area contributed by atoms with Crippen LogP contribution >= 0.6 is 0 Å². The minimum Gasteiger partial charge on any atom is -0.478 e. The molecule has 0 atom stereocenters. The molecule has 104 valence electrons. The standard InChI is InChI=1S/C15H22N2O2/c1-11-9-12(15(18)19)10-16-14(11)17(2)13-7-5-3-4-6-8-13/h9-10,13H,3-8H2,1-2H3,(H,18,19). The van der Waals surface area contributed by atoms with Gasteiger partial charge in [0.05, 0.1) is 5.56 Å². The van der Waals surface area contributed by atoms with Crippen LogP contribution in [0.1, 0.15) is 54.4 Å². The lowest BCUT2D eigenvalue weighted by Crippen LogP contribution is -2.32. The van der Waals surface area contributed by atoms with Crippen molar-refractivity contribution in [2.45, 2.75) is 51.5 Å². The minimum atomic E-state index is -0.917. The van der Waals surface area contributed by atoms with Crippen LogP contribution in [0.3, 0.4) is 0 Å². The molecule has 0 spiro atoms. The summed E-state index contributed by atoms with van der Waals surface area (Å²) in [5.41, 5.74) is 1.20. The average Bonchev–Trinajstić information content (AvgIpc) is 2.66. The van der Waals surface area contributed by atoms with Crippen molar-refractivity contribution < 1.29 is 9.90 Å². The third kappa shape index (κ3) is 3.25. The molecule has 19 heavy (non-hydrogen) atoms. The summed E-state index contributed by atoms with van der Waals surface area (Å²) in [4.78, 5) is 17.5. The van der Waals surface area contributed by atoms with E-state index >= 15 is 0 Å². The van der Waals surface area contributed by atoms with Crippen molar-refractivity contribution in [2.24, 2.45) is 0 Å². The molecule has 1 aliphatic rings. The molecule has 0 unspecified atom stereocenters. The molecule has 1 heterocycles. The highest BCUT2D eigenvalue weighted by Crippen LogP contribution is 2.26. The molecule has 1 N–H and O–H groups in total. The molecule has 1 aromatic heterocycles. The van der Waals surface area contributed by atoms with Crippen molar-refractivity contribution in [1.29, 1.82) is 0 Å². The Morgan fingerprint density at radius 2 is 1.95 bits per heavy atom. The van der Waals surface area contributed by atoms with Gasteiger partial charge < -0.3 is 10.0 Å². The lowest BCUT2D eigenvalue weighted by molar-refractivity contribution is 0.0696. The smallest absolute Gasteiger partial charge is 0.337 e. The number of carboxylic acid groups (broad SMARTS) is 1. The normalized spacial score (nSPS) is 16.9. The maximum Gasteiger partial charge on any atom is 0.337 e. The van der Waals surface area contributed by atoms with Gasteiger partial charge in [0.15, 0.2) is 0 Å². The van der Waals surface area contributed by atoms with E-state index in [-0.39, 0.29) is 5.56 Å². The summed E-state index contributed by atoms with van der Waals surface area (Å²) in [6.45, 7) is 1.93. The van der Waals surface area contributed by atoms with E-state index in [0.29, 0.717) is 6.04 Å². The van der Waals surface area contributed by atoms with Gasteiger partial charge in [0.1, 0.15) is 5.82 Å². The van der Waals surface area contributed by atoms with Crippen molar-refractivity contribution in [2.75, 3.05) is 11.9 Å². The van der Waals surface area contributed by atoms with E-state index in [1.165, 1.54) is 44.7 Å². The molecule has 0 aromatic carbocycles. The molecule has 4 nitrogen and oxygen atoms in total. The maximum atomic E-state index is 10.9. The van der Waals surface area contributed by atoms with Gasteiger partial charge in [-0.05, 0) is 31.4 Å². The van der Waals surface area contributed by atoms with E-state index in [1.807, 2.05) is 6.92 Å². The molecular weight excluding hydrogens is 240 g/mol. The highest BCUT2D eigenvalue weighted by Gasteiger charge is 2.20. The lowest BCUT2D eigenvalue weighted by atomic mass is 10.1. The van der Waals surface area contributed by atoms with E-state index in [2.05, 4.69) is 16.9 Å². The van der Waals surface area contributed by atoms with Crippen molar-refractivity contribution in [3.8, 4) is 0 Å². The fraction of sp³-hybridized carbons (Fsp3) is 0.600. The van der Waals surface area contributed by atoms with Crippen LogP contribution < -0.4 is 4.90 Å². The summed E-state index contributed by atoms with van der Waals surface area (Å²) >= 11 is 0. The van der Waals surface area contributed by atoms with Gasteiger partial charge in [-0.2, -0.15) is 0 Å². The highest BCUT2D eigenvalue weighted by molar-refractivity contribution is 5.87. The molecule has 0 aliphatic heterocycles. The van der Waals surface area contributed by atoms with Crippen LogP contribution in [0, 0.1) is 6.92 Å². The third-order valence-corrected chi connectivity index (χ3v) is 4.00. The molecule has 1 fully saturated rings. The Kier molecular flexibility index (Phi) is 4.40. The summed E-state index contributed by atoms with van der Waals surface area (Å²) < 4.78 is 0. The van der Waals surface area contributed by atoms with Crippen LogP contribution in [-0.2, 0) is 0 Å². The predicted octanol–water partition coefficient (Wildman–Crippen LogP) is 3.25. The number of aryl methyl sites for hydroxylation is 1. The van der Waals surface area contributed by atoms with E-state index < -0.39 is 5.97 Å². The number of anilines is 1. The number of pyridine rings is 1. The van der Waals surface area contributed by atoms with Gasteiger partial charge in [0.2, 0.25) is 0 Å². The van der Waals surface area contributed by atoms with E-state index in [9.17, 15) is 4.79 Å². The van der Waals surface area contributed by atoms with E-state index in [4.69, 9.17) is 5.11 Å². The lowest BCUT2D eigenvalue weighted by Gasteiger charge is -2.29.